The predicted octanol–water partition coefficient (Wildman–Crippen LogP) is 1.33. The summed E-state index contributed by atoms with van der Waals surface area (Å²) in [6, 6.07) is 1.71. The molecule has 1 saturated carbocycles. The van der Waals surface area contributed by atoms with E-state index in [1.807, 2.05) is 0 Å². The van der Waals surface area contributed by atoms with Gasteiger partial charge in [0.25, 0.3) is 5.91 Å². The molecule has 1 aliphatic carbocycles. The molecule has 0 radical (unpaired) electrons. The molecule has 1 aromatic rings. The Labute approximate surface area is 100 Å². The van der Waals surface area contributed by atoms with Gasteiger partial charge in [0.05, 0.1) is 19.4 Å². The maximum Gasteiger partial charge on any atom is 0.275 e. The average molecular weight is 236 g/mol. The molecule has 92 valence electrons. The molecule has 0 N–H and O–H groups in total. The number of ether oxygens (including phenoxy) is 2. The lowest BCUT2D eigenvalue weighted by Crippen LogP contribution is -2.23. The number of aromatic nitrogens is 1. The van der Waals surface area contributed by atoms with E-state index < -0.39 is 0 Å². The minimum atomic E-state index is -0.181. The molecule has 0 aromatic carbocycles. The summed E-state index contributed by atoms with van der Waals surface area (Å²) in [7, 11) is 4.88. The second-order valence-corrected chi connectivity index (χ2v) is 4.24. The van der Waals surface area contributed by atoms with Gasteiger partial charge in [-0.2, -0.15) is 0 Å². The van der Waals surface area contributed by atoms with Crippen LogP contribution in [-0.2, 0) is 0 Å². The molecule has 0 spiro atoms. The van der Waals surface area contributed by atoms with Crippen LogP contribution in [0.25, 0.3) is 0 Å². The fraction of sp³-hybridized carbons (Fsp3) is 0.500. The van der Waals surface area contributed by atoms with Gasteiger partial charge < -0.3 is 14.4 Å². The minimum absolute atomic E-state index is 0.181. The summed E-state index contributed by atoms with van der Waals surface area (Å²) in [5, 5.41) is 0. The van der Waals surface area contributed by atoms with Crippen molar-refractivity contribution in [2.75, 3.05) is 21.2 Å². The van der Waals surface area contributed by atoms with Crippen molar-refractivity contribution in [2.24, 2.45) is 0 Å². The van der Waals surface area contributed by atoms with Crippen LogP contribution in [0.1, 0.15) is 23.3 Å². The van der Waals surface area contributed by atoms with Crippen LogP contribution >= 0.6 is 0 Å². The molecular weight excluding hydrogens is 220 g/mol. The van der Waals surface area contributed by atoms with E-state index in [4.69, 9.17) is 9.47 Å². The van der Waals surface area contributed by atoms with Crippen molar-refractivity contribution in [1.82, 2.24) is 9.88 Å². The van der Waals surface area contributed by atoms with Crippen molar-refractivity contribution >= 4 is 5.91 Å². The quantitative estimate of drug-likeness (QED) is 0.791. The lowest BCUT2D eigenvalue weighted by Gasteiger charge is -2.13. The minimum Gasteiger partial charge on any atom is -0.494 e. The molecule has 2 rings (SSSR count). The first-order chi connectivity index (χ1) is 8.11. The molecule has 17 heavy (non-hydrogen) atoms. The molecule has 5 heteroatoms. The van der Waals surface area contributed by atoms with Gasteiger partial charge in [0.2, 0.25) is 0 Å². The van der Waals surface area contributed by atoms with E-state index in [1.165, 1.54) is 12.0 Å². The van der Waals surface area contributed by atoms with Crippen LogP contribution in [0.15, 0.2) is 12.3 Å². The molecule has 1 aromatic heterocycles. The Hall–Kier alpha value is -1.78. The first-order valence-electron chi connectivity index (χ1n) is 5.54. The van der Waals surface area contributed by atoms with Crippen LogP contribution < -0.4 is 9.47 Å². The second-order valence-electron chi connectivity index (χ2n) is 4.24. The number of methoxy groups -OCH3 is 1. The highest BCUT2D eigenvalue weighted by atomic mass is 16.5. The monoisotopic (exact) mass is 236 g/mol. The van der Waals surface area contributed by atoms with Gasteiger partial charge in [-0.1, -0.05) is 0 Å². The van der Waals surface area contributed by atoms with Gasteiger partial charge >= 0.3 is 0 Å². The van der Waals surface area contributed by atoms with E-state index in [1.54, 1.807) is 26.4 Å². The van der Waals surface area contributed by atoms with Crippen LogP contribution in [-0.4, -0.2) is 43.1 Å². The van der Waals surface area contributed by atoms with Crippen LogP contribution in [0.4, 0.5) is 0 Å². The van der Waals surface area contributed by atoms with Gasteiger partial charge in [-0.3, -0.25) is 4.79 Å². The van der Waals surface area contributed by atoms with Gasteiger partial charge in [0.15, 0.2) is 11.4 Å². The maximum absolute atomic E-state index is 11.8. The summed E-state index contributed by atoms with van der Waals surface area (Å²) < 4.78 is 10.8. The highest BCUT2D eigenvalue weighted by Gasteiger charge is 2.24. The van der Waals surface area contributed by atoms with Gasteiger partial charge in [0.1, 0.15) is 5.75 Å². The first-order valence-corrected chi connectivity index (χ1v) is 5.54. The Balaban J connectivity index is 2.23. The Morgan fingerprint density at radius 2 is 2.18 bits per heavy atom. The fourth-order valence-corrected chi connectivity index (χ4v) is 1.40. The molecule has 1 aliphatic rings. The van der Waals surface area contributed by atoms with Crippen LogP contribution in [0.5, 0.6) is 11.5 Å². The summed E-state index contributed by atoms with van der Waals surface area (Å²) in [6.45, 7) is 0. The van der Waals surface area contributed by atoms with Crippen molar-refractivity contribution < 1.29 is 14.3 Å². The zero-order valence-electron chi connectivity index (χ0n) is 10.3. The van der Waals surface area contributed by atoms with Crippen LogP contribution in [0.3, 0.4) is 0 Å². The molecule has 1 amide bonds. The molecule has 0 bridgehead atoms. The Morgan fingerprint density at radius 3 is 2.71 bits per heavy atom. The molecular formula is C12H16N2O3. The van der Waals surface area contributed by atoms with Gasteiger partial charge in [-0.15, -0.1) is 0 Å². The first kappa shape index (κ1) is 11.7. The summed E-state index contributed by atoms with van der Waals surface area (Å²) in [4.78, 5) is 17.4. The number of nitrogens with zero attached hydrogens (tertiary/aromatic N) is 2. The smallest absolute Gasteiger partial charge is 0.275 e. The van der Waals surface area contributed by atoms with E-state index in [0.717, 1.165) is 12.8 Å². The lowest BCUT2D eigenvalue weighted by atomic mass is 10.3. The molecule has 0 aliphatic heterocycles. The van der Waals surface area contributed by atoms with Crippen molar-refractivity contribution in [3.8, 4) is 11.5 Å². The molecule has 0 saturated heterocycles. The summed E-state index contributed by atoms with van der Waals surface area (Å²) in [6.07, 6.45) is 4.04. The standard InChI is InChI=1S/C12H16N2O3/c1-14(2)12(15)11-10(16-3)6-9(7-13-11)17-8-4-5-8/h6-8H,4-5H2,1-3H3. The van der Waals surface area contributed by atoms with Crippen LogP contribution in [0.2, 0.25) is 0 Å². The second kappa shape index (κ2) is 4.61. The number of carbonyl (C=O) groups excluding carboxylic acids is 1. The van der Waals surface area contributed by atoms with E-state index in [0.29, 0.717) is 23.3 Å². The normalized spacial score (nSPS) is 14.3. The molecule has 1 fully saturated rings. The summed E-state index contributed by atoms with van der Waals surface area (Å²) in [5.41, 5.74) is 0.306. The van der Waals surface area contributed by atoms with Crippen molar-refractivity contribution in [1.29, 1.82) is 0 Å². The maximum atomic E-state index is 11.8. The number of carbonyl (C=O) groups is 1. The van der Waals surface area contributed by atoms with E-state index in [9.17, 15) is 4.79 Å². The van der Waals surface area contributed by atoms with Crippen molar-refractivity contribution in [3.63, 3.8) is 0 Å². The summed E-state index contributed by atoms with van der Waals surface area (Å²) >= 11 is 0. The SMILES string of the molecule is COc1cc(OC2CC2)cnc1C(=O)N(C)C. The zero-order valence-corrected chi connectivity index (χ0v) is 10.3. The average Bonchev–Trinajstić information content (AvgIpc) is 3.11. The Morgan fingerprint density at radius 1 is 1.47 bits per heavy atom. The Bertz CT molecular complexity index is 428. The van der Waals surface area contributed by atoms with Gasteiger partial charge in [-0.25, -0.2) is 4.98 Å². The third kappa shape index (κ3) is 2.67. The van der Waals surface area contributed by atoms with Crippen molar-refractivity contribution in [3.05, 3.63) is 18.0 Å². The van der Waals surface area contributed by atoms with Crippen LogP contribution in [0, 0.1) is 0 Å². The molecule has 0 atom stereocenters. The number of hydrogen-bond donors (Lipinski definition) is 0. The van der Waals surface area contributed by atoms with E-state index in [-0.39, 0.29) is 5.91 Å². The molecule has 0 unspecified atom stereocenters. The molecule has 5 nitrogen and oxygen atoms in total. The third-order valence-electron chi connectivity index (χ3n) is 2.48. The van der Waals surface area contributed by atoms with E-state index >= 15 is 0 Å². The highest BCUT2D eigenvalue weighted by molar-refractivity contribution is 5.94. The fourth-order valence-electron chi connectivity index (χ4n) is 1.40. The number of rotatable bonds is 4. The number of hydrogen-bond acceptors (Lipinski definition) is 4. The van der Waals surface area contributed by atoms with Gasteiger partial charge in [-0.05, 0) is 12.8 Å². The lowest BCUT2D eigenvalue weighted by molar-refractivity contribution is 0.0818. The van der Waals surface area contributed by atoms with Crippen molar-refractivity contribution in [2.45, 2.75) is 18.9 Å². The topological polar surface area (TPSA) is 51.7 Å². The Kier molecular flexibility index (Phi) is 3.17. The third-order valence-corrected chi connectivity index (χ3v) is 2.48. The number of amides is 1. The van der Waals surface area contributed by atoms with Gasteiger partial charge in [0, 0.05) is 20.2 Å². The zero-order chi connectivity index (χ0) is 12.4. The largest absolute Gasteiger partial charge is 0.494 e. The summed E-state index contributed by atoms with van der Waals surface area (Å²) in [5.74, 6) is 0.918. The molecule has 1 heterocycles. The highest BCUT2D eigenvalue weighted by Crippen LogP contribution is 2.29. The van der Waals surface area contributed by atoms with E-state index in [2.05, 4.69) is 4.98 Å². The predicted molar refractivity (Wildman–Crippen MR) is 62.5 cm³/mol. The number of pyridine rings is 1.